The lowest BCUT2D eigenvalue weighted by atomic mass is 10.0. The second-order valence-corrected chi connectivity index (χ2v) is 7.32. The predicted molar refractivity (Wildman–Crippen MR) is 87.0 cm³/mol. The second-order valence-electron chi connectivity index (χ2n) is 5.12. The molecule has 0 spiro atoms. The van der Waals surface area contributed by atoms with Gasteiger partial charge < -0.3 is 10.6 Å². The molecular formula is C15H19N3OS2. The highest BCUT2D eigenvalue weighted by atomic mass is 32.1. The fourth-order valence-electron chi connectivity index (χ4n) is 2.44. The van der Waals surface area contributed by atoms with Gasteiger partial charge in [-0.1, -0.05) is 6.07 Å². The molecule has 0 bridgehead atoms. The zero-order valence-corrected chi connectivity index (χ0v) is 13.5. The highest BCUT2D eigenvalue weighted by molar-refractivity contribution is 7.11. The zero-order valence-electron chi connectivity index (χ0n) is 11.9. The molecule has 0 unspecified atom stereocenters. The topological polar surface area (TPSA) is 54.0 Å². The van der Waals surface area contributed by atoms with Crippen LogP contribution in [0.25, 0.3) is 0 Å². The fourth-order valence-corrected chi connectivity index (χ4v) is 4.24. The van der Waals surface area contributed by atoms with Crippen molar-refractivity contribution in [2.24, 2.45) is 0 Å². The minimum Gasteiger partial charge on any atom is -0.338 e. The van der Waals surface area contributed by atoms with Crippen LogP contribution < -0.4 is 10.6 Å². The lowest BCUT2D eigenvalue weighted by molar-refractivity contribution is 0.240. The van der Waals surface area contributed by atoms with Gasteiger partial charge >= 0.3 is 6.03 Å². The summed E-state index contributed by atoms with van der Waals surface area (Å²) in [6.07, 6.45) is 5.68. The molecule has 2 N–H and O–H groups in total. The van der Waals surface area contributed by atoms with Crippen LogP contribution in [0.2, 0.25) is 0 Å². The fraction of sp³-hybridized carbons (Fsp3) is 0.467. The first kappa shape index (κ1) is 14.5. The molecule has 112 valence electrons. The third-order valence-corrected chi connectivity index (χ3v) is 5.61. The highest BCUT2D eigenvalue weighted by Crippen LogP contribution is 2.26. The van der Waals surface area contributed by atoms with Crippen LogP contribution in [0.15, 0.2) is 17.5 Å². The average molecular weight is 321 g/mol. The standard InChI is InChI=1S/C15H19N3OS2/c19-15(17-10-11-4-3-9-20-11)16-8-7-14-18-12-5-1-2-6-13(12)21-14/h3-4,9H,1-2,5-8,10H2,(H2,16,17,19). The van der Waals surface area contributed by atoms with Crippen LogP contribution in [0.4, 0.5) is 4.79 Å². The predicted octanol–water partition coefficient (Wildman–Crippen LogP) is 3.13. The van der Waals surface area contributed by atoms with Gasteiger partial charge in [-0.05, 0) is 37.1 Å². The Morgan fingerprint density at radius 2 is 2.19 bits per heavy atom. The summed E-state index contributed by atoms with van der Waals surface area (Å²) in [7, 11) is 0. The molecule has 0 atom stereocenters. The Labute approximate surface area is 132 Å². The molecule has 0 aromatic carbocycles. The molecule has 1 aliphatic carbocycles. The van der Waals surface area contributed by atoms with Crippen LogP contribution in [0, 0.1) is 0 Å². The molecule has 0 saturated carbocycles. The smallest absolute Gasteiger partial charge is 0.315 e. The van der Waals surface area contributed by atoms with E-state index < -0.39 is 0 Å². The van der Waals surface area contributed by atoms with E-state index in [1.807, 2.05) is 28.8 Å². The van der Waals surface area contributed by atoms with Gasteiger partial charge in [-0.25, -0.2) is 9.78 Å². The van der Waals surface area contributed by atoms with Gasteiger partial charge in [0.05, 0.1) is 17.2 Å². The Morgan fingerprint density at radius 1 is 1.29 bits per heavy atom. The van der Waals surface area contributed by atoms with E-state index >= 15 is 0 Å². The van der Waals surface area contributed by atoms with Gasteiger partial charge in [-0.15, -0.1) is 22.7 Å². The number of fused-ring (bicyclic) bond motifs is 1. The molecule has 0 radical (unpaired) electrons. The van der Waals surface area contributed by atoms with E-state index in [0.717, 1.165) is 22.7 Å². The maximum absolute atomic E-state index is 11.7. The molecule has 2 amide bonds. The van der Waals surface area contributed by atoms with Crippen molar-refractivity contribution in [3.63, 3.8) is 0 Å². The maximum Gasteiger partial charge on any atom is 0.315 e. The average Bonchev–Trinajstić information content (AvgIpc) is 3.14. The summed E-state index contributed by atoms with van der Waals surface area (Å²) < 4.78 is 0. The summed E-state index contributed by atoms with van der Waals surface area (Å²) in [5, 5.41) is 8.93. The Kier molecular flexibility index (Phi) is 4.87. The van der Waals surface area contributed by atoms with Crippen molar-refractivity contribution >= 4 is 28.7 Å². The van der Waals surface area contributed by atoms with Crippen LogP contribution in [0.1, 0.15) is 33.3 Å². The van der Waals surface area contributed by atoms with E-state index in [4.69, 9.17) is 0 Å². The third kappa shape index (κ3) is 4.04. The SMILES string of the molecule is O=C(NCCc1nc2c(s1)CCCC2)NCc1cccs1. The van der Waals surface area contributed by atoms with Crippen LogP contribution in [-0.4, -0.2) is 17.6 Å². The number of aryl methyl sites for hydroxylation is 2. The Bertz CT molecular complexity index is 569. The van der Waals surface area contributed by atoms with Gasteiger partial charge in [0.25, 0.3) is 0 Å². The van der Waals surface area contributed by atoms with Gasteiger partial charge in [0.15, 0.2) is 0 Å². The summed E-state index contributed by atoms with van der Waals surface area (Å²) in [4.78, 5) is 19.0. The molecule has 0 saturated heterocycles. The van der Waals surface area contributed by atoms with Crippen molar-refractivity contribution in [3.8, 4) is 0 Å². The Morgan fingerprint density at radius 3 is 3.00 bits per heavy atom. The van der Waals surface area contributed by atoms with Crippen LogP contribution in [0.3, 0.4) is 0 Å². The molecule has 0 aliphatic heterocycles. The van der Waals surface area contributed by atoms with E-state index in [1.54, 1.807) is 11.3 Å². The monoisotopic (exact) mass is 321 g/mol. The molecule has 1 aliphatic rings. The number of rotatable bonds is 5. The first-order chi connectivity index (χ1) is 10.3. The molecule has 6 heteroatoms. The number of nitrogens with zero attached hydrogens (tertiary/aromatic N) is 1. The number of hydrogen-bond acceptors (Lipinski definition) is 4. The zero-order chi connectivity index (χ0) is 14.5. The molecule has 2 heterocycles. The minimum atomic E-state index is -0.107. The molecule has 0 fully saturated rings. The number of nitrogens with one attached hydrogen (secondary N) is 2. The number of thiophene rings is 1. The number of hydrogen-bond donors (Lipinski definition) is 2. The molecule has 2 aromatic heterocycles. The van der Waals surface area contributed by atoms with Crippen molar-refractivity contribution in [3.05, 3.63) is 38.0 Å². The first-order valence-corrected chi connectivity index (χ1v) is 9.02. The van der Waals surface area contributed by atoms with Crippen molar-refractivity contribution in [2.45, 2.75) is 38.6 Å². The lowest BCUT2D eigenvalue weighted by Gasteiger charge is -2.06. The van der Waals surface area contributed by atoms with E-state index in [1.165, 1.54) is 29.8 Å². The molecular weight excluding hydrogens is 302 g/mol. The summed E-state index contributed by atoms with van der Waals surface area (Å²) in [5.41, 5.74) is 1.29. The number of amides is 2. The summed E-state index contributed by atoms with van der Waals surface area (Å²) in [5.74, 6) is 0. The van der Waals surface area contributed by atoms with Crippen molar-refractivity contribution in [1.29, 1.82) is 0 Å². The highest BCUT2D eigenvalue weighted by Gasteiger charge is 2.14. The van der Waals surface area contributed by atoms with Gasteiger partial charge in [-0.2, -0.15) is 0 Å². The number of urea groups is 1. The number of aromatic nitrogens is 1. The second kappa shape index (κ2) is 7.04. The number of carbonyl (C=O) groups excluding carboxylic acids is 1. The van der Waals surface area contributed by atoms with Gasteiger partial charge in [0, 0.05) is 22.7 Å². The van der Waals surface area contributed by atoms with Crippen molar-refractivity contribution < 1.29 is 4.79 Å². The van der Waals surface area contributed by atoms with E-state index in [9.17, 15) is 4.79 Å². The maximum atomic E-state index is 11.7. The van der Waals surface area contributed by atoms with E-state index in [0.29, 0.717) is 13.1 Å². The molecule has 4 nitrogen and oxygen atoms in total. The van der Waals surface area contributed by atoms with Crippen molar-refractivity contribution in [1.82, 2.24) is 15.6 Å². The van der Waals surface area contributed by atoms with Crippen LogP contribution >= 0.6 is 22.7 Å². The van der Waals surface area contributed by atoms with Crippen LogP contribution in [-0.2, 0) is 25.8 Å². The number of carbonyl (C=O) groups is 1. The molecule has 3 rings (SSSR count). The first-order valence-electron chi connectivity index (χ1n) is 7.33. The van der Waals surface area contributed by atoms with Gasteiger partial charge in [-0.3, -0.25) is 0 Å². The van der Waals surface area contributed by atoms with Crippen molar-refractivity contribution in [2.75, 3.05) is 6.54 Å². The van der Waals surface area contributed by atoms with E-state index in [2.05, 4.69) is 15.6 Å². The largest absolute Gasteiger partial charge is 0.338 e. The lowest BCUT2D eigenvalue weighted by Crippen LogP contribution is -2.36. The normalized spacial score (nSPS) is 13.7. The summed E-state index contributed by atoms with van der Waals surface area (Å²) >= 11 is 3.47. The summed E-state index contributed by atoms with van der Waals surface area (Å²) in [6, 6.07) is 3.90. The Balaban J connectivity index is 1.39. The van der Waals surface area contributed by atoms with E-state index in [-0.39, 0.29) is 6.03 Å². The van der Waals surface area contributed by atoms with Gasteiger partial charge in [0.1, 0.15) is 0 Å². The Hall–Kier alpha value is -1.40. The summed E-state index contributed by atoms with van der Waals surface area (Å²) in [6.45, 7) is 1.23. The number of thiazole rings is 1. The van der Waals surface area contributed by atoms with Crippen LogP contribution in [0.5, 0.6) is 0 Å². The molecule has 21 heavy (non-hydrogen) atoms. The minimum absolute atomic E-state index is 0.107. The third-order valence-electron chi connectivity index (χ3n) is 3.52. The van der Waals surface area contributed by atoms with Gasteiger partial charge in [0.2, 0.25) is 0 Å². The molecule has 2 aromatic rings. The quantitative estimate of drug-likeness (QED) is 0.889.